The molecule has 0 aliphatic carbocycles. The zero-order valence-corrected chi connectivity index (χ0v) is 40.4. The fourth-order valence-corrected chi connectivity index (χ4v) is 5.21. The van der Waals surface area contributed by atoms with Crippen LogP contribution in [0.1, 0.15) is 142 Å². The summed E-state index contributed by atoms with van der Waals surface area (Å²) in [4.78, 5) is 18.0. The molecule has 0 radical (unpaired) electrons. The van der Waals surface area contributed by atoms with Gasteiger partial charge in [-0.25, -0.2) is 0 Å². The van der Waals surface area contributed by atoms with E-state index in [-0.39, 0.29) is 72.7 Å². The molecule has 2 aromatic rings. The van der Waals surface area contributed by atoms with Gasteiger partial charge >= 0.3 is 39.0 Å². The molecule has 12 heteroatoms. The van der Waals surface area contributed by atoms with Crippen LogP contribution in [-0.2, 0) is 72.5 Å². The summed E-state index contributed by atoms with van der Waals surface area (Å²) in [5.41, 5.74) is 5.30. The number of carboxylic acids is 2. The Kier molecular flexibility index (Phi) is 21.9. The molecule has 3 rings (SSSR count). The van der Waals surface area contributed by atoms with Gasteiger partial charge < -0.3 is 41.7 Å². The molecular formula is C40H64N4O6Zn2. The molecule has 1 heterocycles. The second-order valence-electron chi connectivity index (χ2n) is 17.1. The van der Waals surface area contributed by atoms with Crippen molar-refractivity contribution in [3.63, 3.8) is 0 Å². The number of hydrogen-bond acceptors (Lipinski definition) is 4. The summed E-state index contributed by atoms with van der Waals surface area (Å²) in [5.74, 6) is -1.06. The second-order valence-corrected chi connectivity index (χ2v) is 17.1. The fourth-order valence-electron chi connectivity index (χ4n) is 5.21. The summed E-state index contributed by atoms with van der Waals surface area (Å²) in [5, 5.41) is 57.5. The van der Waals surface area contributed by atoms with Gasteiger partial charge in [0.05, 0.1) is 0 Å². The molecule has 10 nitrogen and oxygen atoms in total. The number of phenols is 2. The van der Waals surface area contributed by atoms with Gasteiger partial charge in [-0.2, -0.15) is 0 Å². The predicted octanol–water partition coefficient (Wildman–Crippen LogP) is 10.3. The van der Waals surface area contributed by atoms with Gasteiger partial charge in [0.1, 0.15) is 11.5 Å². The average molecular weight is 828 g/mol. The van der Waals surface area contributed by atoms with Crippen molar-refractivity contribution in [2.24, 2.45) is 10.8 Å². The summed E-state index contributed by atoms with van der Waals surface area (Å²) >= 11 is 0. The van der Waals surface area contributed by atoms with Gasteiger partial charge in [-0.3, -0.25) is 9.59 Å². The van der Waals surface area contributed by atoms with E-state index in [9.17, 15) is 10.2 Å². The van der Waals surface area contributed by atoms with Crippen molar-refractivity contribution in [1.82, 2.24) is 0 Å². The monoisotopic (exact) mass is 824 g/mol. The summed E-state index contributed by atoms with van der Waals surface area (Å²) in [6, 6.07) is 8.09. The summed E-state index contributed by atoms with van der Waals surface area (Å²) in [6.07, 6.45) is 0. The van der Waals surface area contributed by atoms with Crippen molar-refractivity contribution in [2.45, 2.75) is 133 Å². The van der Waals surface area contributed by atoms with E-state index in [1.807, 2.05) is 0 Å². The zero-order valence-electron chi connectivity index (χ0n) is 34.5. The maximum absolute atomic E-state index is 11.5. The predicted molar refractivity (Wildman–Crippen MR) is 205 cm³/mol. The first-order chi connectivity index (χ1) is 22.7. The van der Waals surface area contributed by atoms with Crippen LogP contribution in [0.15, 0.2) is 24.3 Å². The number of benzene rings is 2. The van der Waals surface area contributed by atoms with Gasteiger partial charge in [0.2, 0.25) is 0 Å². The number of phenolic OH excluding ortho intramolecular Hbond substituents is 2. The molecule has 0 fully saturated rings. The number of carboxylic acid groups (broad SMARTS) is 2. The van der Waals surface area contributed by atoms with Gasteiger partial charge in [0.15, 0.2) is 0 Å². The average Bonchev–Trinajstić information content (AvgIpc) is 2.94. The number of aliphatic carboxylic acids is 2. The van der Waals surface area contributed by atoms with Crippen LogP contribution in [-0.4, -0.2) is 58.5 Å². The molecule has 52 heavy (non-hydrogen) atoms. The molecule has 0 saturated heterocycles. The van der Waals surface area contributed by atoms with Crippen LogP contribution >= 0.6 is 0 Å². The number of aromatic hydroxyl groups is 2. The summed E-state index contributed by atoms with van der Waals surface area (Å²) in [6.45, 7) is 31.5. The molecule has 1 aliphatic heterocycles. The van der Waals surface area contributed by atoms with Crippen molar-refractivity contribution in [1.29, 1.82) is 0 Å². The molecule has 2 unspecified atom stereocenters. The first kappa shape index (κ1) is 52.2. The van der Waals surface area contributed by atoms with Crippen LogP contribution in [0.2, 0.25) is 0 Å². The van der Waals surface area contributed by atoms with Crippen LogP contribution in [0.5, 0.6) is 11.5 Å². The maximum Gasteiger partial charge on any atom is 2.00 e. The first-order valence-electron chi connectivity index (χ1n) is 17.4. The van der Waals surface area contributed by atoms with Gasteiger partial charge in [-0.05, 0) is 44.2 Å². The summed E-state index contributed by atoms with van der Waals surface area (Å²) in [7, 11) is 0. The molecule has 0 aromatic heterocycles. The van der Waals surface area contributed by atoms with Gasteiger partial charge in [0, 0.05) is 13.8 Å². The molecule has 4 bridgehead atoms. The van der Waals surface area contributed by atoms with Gasteiger partial charge in [0.25, 0.3) is 11.9 Å². The van der Waals surface area contributed by atoms with Crippen molar-refractivity contribution >= 4 is 11.9 Å². The largest absolute Gasteiger partial charge is 2.00 e. The third-order valence-corrected chi connectivity index (χ3v) is 8.30. The SMILES string of the molecule is CC(=O)O.CC(=O)O.CC1[N-]CC(C)(C)C[N-]Cc2cc(C(C)(C)C)cc(c2O)C[N-]CC(C)(C)C[N-]C(C)c2cc(C(C)(C)C)cc1c2O.[Zn+2].[Zn+2]. The normalized spacial score (nSPS) is 19.4. The van der Waals surface area contributed by atoms with Crippen molar-refractivity contribution in [2.75, 3.05) is 26.2 Å². The fraction of sp³-hybridized carbons (Fsp3) is 0.650. The molecule has 0 spiro atoms. The molecule has 2 aromatic carbocycles. The Morgan fingerprint density at radius 2 is 0.904 bits per heavy atom. The molecule has 2 atom stereocenters. The van der Waals surface area contributed by atoms with Crippen LogP contribution < -0.4 is 0 Å². The minimum absolute atomic E-state index is 0. The third kappa shape index (κ3) is 18.4. The molecule has 0 saturated carbocycles. The Bertz CT molecular complexity index is 1340. The Morgan fingerprint density at radius 3 is 1.19 bits per heavy atom. The van der Waals surface area contributed by atoms with E-state index in [0.717, 1.165) is 36.1 Å². The van der Waals surface area contributed by atoms with E-state index < -0.39 is 11.9 Å². The van der Waals surface area contributed by atoms with E-state index in [0.29, 0.717) is 50.8 Å². The van der Waals surface area contributed by atoms with Crippen LogP contribution in [0.25, 0.3) is 21.3 Å². The molecule has 4 N–H and O–H groups in total. The Hall–Kier alpha value is -1.93. The number of rotatable bonds is 0. The Balaban J connectivity index is 0. The standard InChI is InChI=1S/C36H56N4O2.2C2H4O2.2Zn/c1-23-29-15-28(34(6,7)8)16-30(32(29)42)24(2)40-22-36(11,12)20-38-18-26-14-27(33(3,4)5)13-25(31(26)41)17-37-19-35(9,10)21-39-23;2*1-2(3)4;;/h13-16,23-24,41-42H,17-22H2,1-12H3;2*1H3,(H,3,4);;/q-4;;;2*+2. The van der Waals surface area contributed by atoms with Crippen molar-refractivity contribution in [3.05, 3.63) is 78.9 Å². The van der Waals surface area contributed by atoms with Crippen molar-refractivity contribution in [3.8, 4) is 11.5 Å². The van der Waals surface area contributed by atoms with Gasteiger partial charge in [-0.1, -0.05) is 118 Å². The minimum atomic E-state index is -0.833. The maximum atomic E-state index is 11.5. The molecule has 284 valence electrons. The van der Waals surface area contributed by atoms with Crippen LogP contribution in [0.3, 0.4) is 0 Å². The first-order valence-corrected chi connectivity index (χ1v) is 17.4. The smallest absolute Gasteiger partial charge is 0.658 e. The quantitative estimate of drug-likeness (QED) is 0.193. The number of nitrogens with zero attached hydrogens (tertiary/aromatic N) is 4. The van der Waals surface area contributed by atoms with E-state index in [4.69, 9.17) is 41.1 Å². The zero-order chi connectivity index (χ0) is 38.8. The second kappa shape index (κ2) is 21.8. The Labute approximate surface area is 339 Å². The number of fused-ring (bicyclic) bond motifs is 4. The molecular weight excluding hydrogens is 763 g/mol. The van der Waals surface area contributed by atoms with Crippen LogP contribution in [0, 0.1) is 10.8 Å². The van der Waals surface area contributed by atoms with E-state index in [1.54, 1.807) is 0 Å². The minimum Gasteiger partial charge on any atom is -0.658 e. The topological polar surface area (TPSA) is 171 Å². The number of hydrogen-bond donors (Lipinski definition) is 4. The van der Waals surface area contributed by atoms with E-state index in [2.05, 4.69) is 107 Å². The third-order valence-electron chi connectivity index (χ3n) is 8.30. The molecule has 1 aliphatic rings. The van der Waals surface area contributed by atoms with E-state index >= 15 is 0 Å². The molecule has 0 amide bonds. The van der Waals surface area contributed by atoms with Crippen molar-refractivity contribution < 1.29 is 69.0 Å². The summed E-state index contributed by atoms with van der Waals surface area (Å²) < 4.78 is 0. The number of carbonyl (C=O) groups is 2. The Morgan fingerprint density at radius 1 is 0.615 bits per heavy atom. The van der Waals surface area contributed by atoms with Gasteiger partial charge in [-0.15, -0.1) is 51.4 Å². The van der Waals surface area contributed by atoms with Crippen LogP contribution in [0.4, 0.5) is 0 Å². The van der Waals surface area contributed by atoms with E-state index in [1.165, 1.54) is 11.1 Å².